The average molecular weight is 727 g/mol. The van der Waals surface area contributed by atoms with E-state index in [1.54, 1.807) is 0 Å². The third-order valence-electron chi connectivity index (χ3n) is 9.48. The van der Waals surface area contributed by atoms with Gasteiger partial charge in [0.25, 0.3) is 0 Å². The first kappa shape index (κ1) is 51.3. The van der Waals surface area contributed by atoms with E-state index in [2.05, 4.69) is 24.9 Å². The van der Waals surface area contributed by atoms with Gasteiger partial charge in [-0.25, -0.2) is 0 Å². The Morgan fingerprint density at radius 1 is 0.431 bits per heavy atom. The molecule has 0 rings (SSSR count). The van der Waals surface area contributed by atoms with Crippen molar-refractivity contribution < 1.29 is 34.7 Å². The van der Waals surface area contributed by atoms with E-state index in [0.29, 0.717) is 32.6 Å². The fourth-order valence-electron chi connectivity index (χ4n) is 6.14. The molecule has 0 saturated carbocycles. The number of nitrogens with one attached hydrogen (secondary N) is 1. The third-order valence-corrected chi connectivity index (χ3v) is 9.48. The molecule has 304 valence electrons. The van der Waals surface area contributed by atoms with Gasteiger partial charge in [0.2, 0.25) is 0 Å². The summed E-state index contributed by atoms with van der Waals surface area (Å²) in [6, 6.07) is 0. The van der Waals surface area contributed by atoms with Crippen LogP contribution in [0.2, 0.25) is 0 Å². The molecule has 0 fully saturated rings. The summed E-state index contributed by atoms with van der Waals surface area (Å²) in [5.74, 6) is -0.112. The van der Waals surface area contributed by atoms with Gasteiger partial charge in [-0.05, 0) is 44.9 Å². The molecule has 0 heterocycles. The van der Waals surface area contributed by atoms with Crippen LogP contribution in [0, 0.1) is 0 Å². The van der Waals surface area contributed by atoms with Crippen molar-refractivity contribution in [3.05, 3.63) is 0 Å². The Labute approximate surface area is 315 Å². The molecule has 8 heteroatoms. The highest BCUT2D eigenvalue weighted by molar-refractivity contribution is 5.69. The van der Waals surface area contributed by atoms with Crippen LogP contribution in [0.4, 0.5) is 4.79 Å². The van der Waals surface area contributed by atoms with Gasteiger partial charge in [-0.3, -0.25) is 9.59 Å². The lowest BCUT2D eigenvalue weighted by Crippen LogP contribution is -2.50. The van der Waals surface area contributed by atoms with Crippen LogP contribution in [0.5, 0.6) is 0 Å². The molecule has 0 atom stereocenters. The van der Waals surface area contributed by atoms with Gasteiger partial charge in [0.1, 0.15) is 6.09 Å². The van der Waals surface area contributed by atoms with E-state index in [0.717, 1.165) is 64.3 Å². The highest BCUT2D eigenvalue weighted by atomic mass is 16.5. The van der Waals surface area contributed by atoms with E-state index in [4.69, 9.17) is 9.47 Å². The molecule has 0 aliphatic rings. The van der Waals surface area contributed by atoms with Crippen molar-refractivity contribution >= 4 is 18.0 Å². The smallest absolute Gasteiger partial charge is 0.305 e. The molecule has 0 spiro atoms. The maximum Gasteiger partial charge on any atom is 0.305 e. The number of hydrogen-bond donors (Lipinski definition) is 2. The zero-order valence-electron chi connectivity index (χ0n) is 34.0. The average Bonchev–Trinajstić information content (AvgIpc) is 3.12. The van der Waals surface area contributed by atoms with E-state index in [9.17, 15) is 19.5 Å². The molecule has 0 bridgehead atoms. The zero-order chi connectivity index (χ0) is 37.7. The minimum absolute atomic E-state index is 0.00676. The Balaban J connectivity index is 0. The standard InChI is InChI=1S/C22H43NO4.C21H43NO2/c1-2-3-4-5-6-7-8-9-10-11-14-17-20-27-21(24)18-15-12-13-16-19-23-22(25)26;1-2-3-4-5-6-7-8-9-10-11-14-17-20-24-21(23)18-15-12-13-16-19-22/h23H,2-20H2,1H3,(H,25,26);2-20,22H2,1H3. The number of ether oxygens (including phenoxy) is 2. The lowest BCUT2D eigenvalue weighted by molar-refractivity contribution is -0.368. The van der Waals surface area contributed by atoms with Crippen molar-refractivity contribution in [3.63, 3.8) is 0 Å². The first-order valence-electron chi connectivity index (χ1n) is 22.0. The number of esters is 2. The van der Waals surface area contributed by atoms with Gasteiger partial charge < -0.3 is 30.4 Å². The first-order chi connectivity index (χ1) is 25.0. The molecule has 0 radical (unpaired) electrons. The Kier molecular flexibility index (Phi) is 46.4. The Morgan fingerprint density at radius 3 is 1.06 bits per heavy atom. The van der Waals surface area contributed by atoms with Crippen molar-refractivity contribution in [1.29, 1.82) is 0 Å². The number of carbonyl (C=O) groups excluding carboxylic acids is 3. The molecule has 0 aromatic rings. The van der Waals surface area contributed by atoms with Crippen molar-refractivity contribution in [2.24, 2.45) is 0 Å². The number of carbonyl (C=O) groups is 3. The van der Waals surface area contributed by atoms with Gasteiger partial charge in [-0.15, -0.1) is 0 Å². The number of carboxylic acid groups (broad SMARTS) is 1. The van der Waals surface area contributed by atoms with Gasteiger partial charge in [0.05, 0.1) is 19.8 Å². The van der Waals surface area contributed by atoms with Crippen LogP contribution in [0.25, 0.3) is 0 Å². The summed E-state index contributed by atoms with van der Waals surface area (Å²) >= 11 is 0. The maximum absolute atomic E-state index is 11.6. The van der Waals surface area contributed by atoms with Gasteiger partial charge in [0, 0.05) is 19.4 Å². The minimum atomic E-state index is -1.23. The predicted molar refractivity (Wildman–Crippen MR) is 211 cm³/mol. The van der Waals surface area contributed by atoms with Crippen LogP contribution in [-0.2, 0) is 19.1 Å². The quantitative estimate of drug-likeness (QED) is 0.0478. The molecule has 0 aliphatic carbocycles. The van der Waals surface area contributed by atoms with E-state index in [1.165, 1.54) is 148 Å². The second kappa shape index (κ2) is 46.2. The van der Waals surface area contributed by atoms with Crippen molar-refractivity contribution in [1.82, 2.24) is 5.32 Å². The monoisotopic (exact) mass is 727 g/mol. The van der Waals surface area contributed by atoms with Crippen molar-refractivity contribution in [3.8, 4) is 0 Å². The second-order valence-corrected chi connectivity index (χ2v) is 14.6. The van der Waals surface area contributed by atoms with Gasteiger partial charge in [0.15, 0.2) is 0 Å². The molecule has 0 unspecified atom stereocenters. The normalized spacial score (nSPS) is 10.8. The van der Waals surface area contributed by atoms with Crippen LogP contribution >= 0.6 is 0 Å². The van der Waals surface area contributed by atoms with Crippen LogP contribution in [0.15, 0.2) is 0 Å². The van der Waals surface area contributed by atoms with Gasteiger partial charge in [-0.2, -0.15) is 0 Å². The number of rotatable bonds is 39. The summed E-state index contributed by atoms with van der Waals surface area (Å²) in [6.07, 6.45) is 39.4. The van der Waals surface area contributed by atoms with E-state index < -0.39 is 6.09 Å². The van der Waals surface area contributed by atoms with Crippen molar-refractivity contribution in [2.75, 3.05) is 26.3 Å². The van der Waals surface area contributed by atoms with Crippen LogP contribution in [0.3, 0.4) is 0 Å². The maximum atomic E-state index is 11.6. The molecule has 1 amide bonds. The summed E-state index contributed by atoms with van der Waals surface area (Å²) in [4.78, 5) is 33.3. The molecular formula is C43H86N2O6. The number of quaternary nitrogens is 1. The lowest BCUT2D eigenvalue weighted by Gasteiger charge is -2.06. The Morgan fingerprint density at radius 2 is 0.725 bits per heavy atom. The number of amides is 1. The largest absolute Gasteiger partial charge is 0.530 e. The van der Waals surface area contributed by atoms with E-state index >= 15 is 0 Å². The predicted octanol–water partition coefficient (Wildman–Crippen LogP) is 10.5. The molecule has 0 aromatic heterocycles. The van der Waals surface area contributed by atoms with Crippen LogP contribution in [-0.4, -0.2) is 44.3 Å². The highest BCUT2D eigenvalue weighted by Gasteiger charge is 2.04. The fraction of sp³-hybridized carbons (Fsp3) is 0.930. The molecule has 0 saturated heterocycles. The van der Waals surface area contributed by atoms with Crippen LogP contribution in [0.1, 0.15) is 232 Å². The summed E-state index contributed by atoms with van der Waals surface area (Å²) in [6.45, 7) is 7.12. The molecule has 0 aromatic carbocycles. The van der Waals surface area contributed by atoms with Crippen LogP contribution < -0.4 is 16.2 Å². The van der Waals surface area contributed by atoms with E-state index in [-0.39, 0.29) is 11.9 Å². The Hall–Kier alpha value is -1.83. The Bertz CT molecular complexity index is 721. The van der Waals surface area contributed by atoms with Crippen molar-refractivity contribution in [2.45, 2.75) is 232 Å². The topological polar surface area (TPSA) is 132 Å². The van der Waals surface area contributed by atoms with Gasteiger partial charge >= 0.3 is 11.9 Å². The second-order valence-electron chi connectivity index (χ2n) is 14.6. The number of hydrogen-bond acceptors (Lipinski definition) is 6. The molecule has 0 aliphatic heterocycles. The van der Waals surface area contributed by atoms with Gasteiger partial charge in [-0.1, -0.05) is 174 Å². The summed E-state index contributed by atoms with van der Waals surface area (Å²) in [5, 5.41) is 12.4. The molecule has 51 heavy (non-hydrogen) atoms. The molecule has 8 nitrogen and oxygen atoms in total. The zero-order valence-corrected chi connectivity index (χ0v) is 34.0. The van der Waals surface area contributed by atoms with E-state index in [1.807, 2.05) is 0 Å². The lowest BCUT2D eigenvalue weighted by atomic mass is 10.1. The SMILES string of the molecule is CCCCCCCCCCCCCCOC(=O)CCCCCCNC(=O)[O-].CCCCCCCCCCCCCCOC(=O)CCCCCC[NH3+]. The summed E-state index contributed by atoms with van der Waals surface area (Å²) in [7, 11) is 0. The highest BCUT2D eigenvalue weighted by Crippen LogP contribution is 2.14. The third kappa shape index (κ3) is 50.3. The molecular weight excluding hydrogens is 640 g/mol. The molecule has 4 N–H and O–H groups in total. The summed E-state index contributed by atoms with van der Waals surface area (Å²) < 4.78 is 10.5. The summed E-state index contributed by atoms with van der Waals surface area (Å²) in [5.41, 5.74) is 3.83. The minimum Gasteiger partial charge on any atom is -0.530 e. The number of unbranched alkanes of at least 4 members (excludes halogenated alkanes) is 28. The first-order valence-corrected chi connectivity index (χ1v) is 22.0. The fourth-order valence-corrected chi connectivity index (χ4v) is 6.14.